The van der Waals surface area contributed by atoms with Crippen molar-refractivity contribution in [3.8, 4) is 0 Å². The Morgan fingerprint density at radius 1 is 1.39 bits per heavy atom. The number of esters is 1. The summed E-state index contributed by atoms with van der Waals surface area (Å²) in [5.74, 6) is -1.03. The number of hydrogen-bond acceptors (Lipinski definition) is 6. The van der Waals surface area contributed by atoms with E-state index in [9.17, 15) is 14.0 Å². The number of hydrogen-bond donors (Lipinski definition) is 0. The maximum Gasteiger partial charge on any atom is 0.310 e. The number of aromatic nitrogens is 1. The molecule has 1 aromatic heterocycles. The lowest BCUT2D eigenvalue weighted by molar-refractivity contribution is -0.150. The quantitative estimate of drug-likeness (QED) is 0.685. The Morgan fingerprint density at radius 3 is 2.89 bits per heavy atom. The van der Waals surface area contributed by atoms with Crippen molar-refractivity contribution < 1.29 is 18.7 Å². The molecule has 8 heteroatoms. The van der Waals surface area contributed by atoms with Gasteiger partial charge in [0.05, 0.1) is 23.9 Å². The number of piperidine rings is 1. The third-order valence-corrected chi connectivity index (χ3v) is 5.52. The number of carbonyl (C=O) groups excluding carboxylic acids is 2. The van der Waals surface area contributed by atoms with E-state index in [0.29, 0.717) is 24.8 Å². The van der Waals surface area contributed by atoms with Crippen molar-refractivity contribution in [3.05, 3.63) is 41.2 Å². The molecular formula is C20H24FN3O3S. The molecule has 1 aliphatic heterocycles. The number of thiazole rings is 1. The van der Waals surface area contributed by atoms with Crippen molar-refractivity contribution in [2.45, 2.75) is 33.2 Å². The molecule has 0 spiro atoms. The van der Waals surface area contributed by atoms with E-state index in [4.69, 9.17) is 4.74 Å². The van der Waals surface area contributed by atoms with Crippen LogP contribution in [0.5, 0.6) is 0 Å². The monoisotopic (exact) mass is 405 g/mol. The van der Waals surface area contributed by atoms with Crippen LogP contribution in [0.3, 0.4) is 0 Å². The molecule has 1 aromatic carbocycles. The zero-order valence-electron chi connectivity index (χ0n) is 16.1. The predicted octanol–water partition coefficient (Wildman–Crippen LogP) is 3.74. The summed E-state index contributed by atoms with van der Waals surface area (Å²) in [7, 11) is 0. The Labute approximate surface area is 167 Å². The number of benzene rings is 1. The van der Waals surface area contributed by atoms with Gasteiger partial charge < -0.3 is 4.74 Å². The molecule has 0 radical (unpaired) electrons. The Kier molecular flexibility index (Phi) is 6.74. The van der Waals surface area contributed by atoms with Gasteiger partial charge in [0, 0.05) is 25.4 Å². The van der Waals surface area contributed by atoms with Gasteiger partial charge in [0.25, 0.3) is 0 Å². The highest BCUT2D eigenvalue weighted by Crippen LogP contribution is 2.31. The van der Waals surface area contributed by atoms with E-state index in [1.165, 1.54) is 29.2 Å². The minimum absolute atomic E-state index is 0.112. The highest BCUT2D eigenvalue weighted by Gasteiger charge is 2.27. The third-order valence-electron chi connectivity index (χ3n) is 4.65. The Balaban J connectivity index is 1.72. The molecule has 1 atom stereocenters. The Morgan fingerprint density at radius 2 is 2.18 bits per heavy atom. The van der Waals surface area contributed by atoms with Crippen molar-refractivity contribution in [2.75, 3.05) is 24.6 Å². The first-order valence-electron chi connectivity index (χ1n) is 9.38. The van der Waals surface area contributed by atoms with E-state index in [-0.39, 0.29) is 23.5 Å². The predicted molar refractivity (Wildman–Crippen MR) is 106 cm³/mol. The van der Waals surface area contributed by atoms with Gasteiger partial charge in [-0.3, -0.25) is 19.4 Å². The smallest absolute Gasteiger partial charge is 0.310 e. The van der Waals surface area contributed by atoms with Crippen LogP contribution in [-0.4, -0.2) is 41.5 Å². The van der Waals surface area contributed by atoms with Crippen LogP contribution in [0.15, 0.2) is 29.6 Å². The van der Waals surface area contributed by atoms with Gasteiger partial charge >= 0.3 is 5.97 Å². The number of nitrogens with zero attached hydrogens (tertiary/aromatic N) is 3. The number of likely N-dealkylation sites (tertiary alicyclic amines) is 1. The molecule has 1 aliphatic rings. The van der Waals surface area contributed by atoms with Gasteiger partial charge in [0.1, 0.15) is 5.82 Å². The minimum atomic E-state index is -0.470. The van der Waals surface area contributed by atoms with Crippen LogP contribution in [0.25, 0.3) is 0 Å². The van der Waals surface area contributed by atoms with Crippen molar-refractivity contribution >= 4 is 34.0 Å². The van der Waals surface area contributed by atoms with Crippen LogP contribution < -0.4 is 4.90 Å². The summed E-state index contributed by atoms with van der Waals surface area (Å²) < 4.78 is 19.3. The molecule has 1 fully saturated rings. The summed E-state index contributed by atoms with van der Waals surface area (Å²) in [6.07, 6.45) is 1.76. The summed E-state index contributed by atoms with van der Waals surface area (Å²) in [5, 5.41) is 2.31. The van der Waals surface area contributed by atoms with E-state index in [1.54, 1.807) is 18.2 Å². The lowest BCUT2D eigenvalue weighted by Crippen LogP contribution is -2.39. The molecule has 0 bridgehead atoms. The minimum Gasteiger partial charge on any atom is -0.466 e. The fourth-order valence-electron chi connectivity index (χ4n) is 3.39. The normalized spacial score (nSPS) is 17.3. The second-order valence-corrected chi connectivity index (χ2v) is 7.59. The number of ether oxygens (including phenoxy) is 1. The Bertz CT molecular complexity index is 842. The van der Waals surface area contributed by atoms with E-state index < -0.39 is 5.82 Å². The number of anilines is 2. The lowest BCUT2D eigenvalue weighted by Gasteiger charge is -2.30. The second-order valence-electron chi connectivity index (χ2n) is 6.75. The largest absolute Gasteiger partial charge is 0.466 e. The fraction of sp³-hybridized carbons (Fsp3) is 0.450. The van der Waals surface area contributed by atoms with Crippen molar-refractivity contribution in [1.82, 2.24) is 9.88 Å². The van der Waals surface area contributed by atoms with Gasteiger partial charge in [0.15, 0.2) is 5.13 Å². The topological polar surface area (TPSA) is 62.7 Å². The van der Waals surface area contributed by atoms with E-state index >= 15 is 0 Å². The molecule has 1 unspecified atom stereocenters. The number of halogens is 1. The molecule has 0 N–H and O–H groups in total. The highest BCUT2D eigenvalue weighted by atomic mass is 32.1. The van der Waals surface area contributed by atoms with E-state index in [2.05, 4.69) is 9.88 Å². The highest BCUT2D eigenvalue weighted by molar-refractivity contribution is 7.14. The number of carbonyl (C=O) groups is 2. The number of rotatable bonds is 6. The summed E-state index contributed by atoms with van der Waals surface area (Å²) in [6, 6.07) is 6.16. The van der Waals surface area contributed by atoms with E-state index in [1.807, 2.05) is 12.3 Å². The van der Waals surface area contributed by atoms with Gasteiger partial charge in [-0.15, -0.1) is 11.3 Å². The first-order valence-corrected chi connectivity index (χ1v) is 10.3. The molecule has 2 heterocycles. The Hall–Kier alpha value is -2.32. The summed E-state index contributed by atoms with van der Waals surface area (Å²) in [6.45, 7) is 5.69. The standard InChI is InChI=1S/C20H24FN3O3S/c1-3-27-19(26)15-7-6-10-23(11-15)12-16-13-28-20(22-16)24(14(2)25)18-9-5-4-8-17(18)21/h4-5,8-9,13,15H,3,6-7,10-12H2,1-2H3. The fourth-order valence-corrected chi connectivity index (χ4v) is 4.26. The van der Waals surface area contributed by atoms with Crippen molar-refractivity contribution in [2.24, 2.45) is 5.92 Å². The van der Waals surface area contributed by atoms with Crippen LogP contribution in [0.4, 0.5) is 15.2 Å². The molecule has 150 valence electrons. The molecule has 0 aliphatic carbocycles. The van der Waals surface area contributed by atoms with E-state index in [0.717, 1.165) is 25.1 Å². The average Bonchev–Trinajstić information content (AvgIpc) is 3.11. The average molecular weight is 405 g/mol. The number of para-hydroxylation sites is 1. The summed E-state index contributed by atoms with van der Waals surface area (Å²) >= 11 is 1.30. The second kappa shape index (κ2) is 9.25. The van der Waals surface area contributed by atoms with Crippen LogP contribution in [0.1, 0.15) is 32.4 Å². The zero-order valence-corrected chi connectivity index (χ0v) is 16.9. The number of amides is 1. The summed E-state index contributed by atoms with van der Waals surface area (Å²) in [5.41, 5.74) is 0.989. The van der Waals surface area contributed by atoms with Gasteiger partial charge in [-0.05, 0) is 38.4 Å². The van der Waals surface area contributed by atoms with Gasteiger partial charge in [-0.25, -0.2) is 9.37 Å². The van der Waals surface area contributed by atoms with Gasteiger partial charge in [0.2, 0.25) is 5.91 Å². The van der Waals surface area contributed by atoms with Crippen molar-refractivity contribution in [1.29, 1.82) is 0 Å². The molecule has 2 aromatic rings. The van der Waals surface area contributed by atoms with Crippen LogP contribution in [0.2, 0.25) is 0 Å². The van der Waals surface area contributed by atoms with Crippen LogP contribution in [0, 0.1) is 11.7 Å². The first-order chi connectivity index (χ1) is 13.5. The lowest BCUT2D eigenvalue weighted by atomic mass is 9.98. The molecule has 1 saturated heterocycles. The van der Waals surface area contributed by atoms with Gasteiger partial charge in [-0.1, -0.05) is 12.1 Å². The van der Waals surface area contributed by atoms with Gasteiger partial charge in [-0.2, -0.15) is 0 Å². The molecule has 6 nitrogen and oxygen atoms in total. The SMILES string of the molecule is CCOC(=O)C1CCCN(Cc2csc(N(C(C)=O)c3ccccc3F)n2)C1. The third kappa shape index (κ3) is 4.74. The molecular weight excluding hydrogens is 381 g/mol. The van der Waals surface area contributed by atoms with Crippen LogP contribution in [-0.2, 0) is 20.9 Å². The first kappa shape index (κ1) is 20.4. The zero-order chi connectivity index (χ0) is 20.1. The van der Waals surface area contributed by atoms with Crippen molar-refractivity contribution in [3.63, 3.8) is 0 Å². The summed E-state index contributed by atoms with van der Waals surface area (Å²) in [4.78, 5) is 32.2. The molecule has 1 amide bonds. The molecule has 0 saturated carbocycles. The maximum atomic E-state index is 14.2. The van der Waals surface area contributed by atoms with Crippen LogP contribution >= 0.6 is 11.3 Å². The molecule has 3 rings (SSSR count). The maximum absolute atomic E-state index is 14.2. The molecule has 28 heavy (non-hydrogen) atoms.